The van der Waals surface area contributed by atoms with Crippen molar-refractivity contribution in [2.75, 3.05) is 40.0 Å². The van der Waals surface area contributed by atoms with Crippen LogP contribution in [-0.4, -0.2) is 102 Å². The summed E-state index contributed by atoms with van der Waals surface area (Å²) >= 11 is 1.57. The van der Waals surface area contributed by atoms with Crippen molar-refractivity contribution in [3.05, 3.63) is 143 Å². The number of aryl methyl sites for hydroxylation is 1. The van der Waals surface area contributed by atoms with Crippen LogP contribution in [-0.2, 0) is 30.5 Å². The van der Waals surface area contributed by atoms with Crippen molar-refractivity contribution in [1.29, 1.82) is 0 Å². The lowest BCUT2D eigenvalue weighted by Gasteiger charge is -2.30. The molecule has 0 saturated carbocycles. The number of rotatable bonds is 22. The Bertz CT molecular complexity index is 2390. The summed E-state index contributed by atoms with van der Waals surface area (Å²) in [5, 5.41) is 16.3. The number of carbonyl (C=O) groups is 4. The van der Waals surface area contributed by atoms with Crippen LogP contribution in [0.25, 0.3) is 21.6 Å². The zero-order chi connectivity index (χ0) is 47.0. The maximum absolute atomic E-state index is 13.8. The second-order valence-electron chi connectivity index (χ2n) is 17.0. The number of hydrogen-bond acceptors (Lipinski definition) is 9. The van der Waals surface area contributed by atoms with Crippen LogP contribution in [0, 0.1) is 12.8 Å². The molecule has 1 fully saturated rings. The number of hydrogen-bond donors (Lipinski definition) is 3. The lowest BCUT2D eigenvalue weighted by Crippen LogP contribution is -2.55. The van der Waals surface area contributed by atoms with Crippen molar-refractivity contribution in [1.82, 2.24) is 25.4 Å². The predicted octanol–water partition coefficient (Wildman–Crippen LogP) is 7.93. The summed E-state index contributed by atoms with van der Waals surface area (Å²) in [5.41, 5.74) is 10.6. The number of ether oxygens (including phenoxy) is 2. The first-order valence-electron chi connectivity index (χ1n) is 22.9. The molecule has 3 N–H and O–H groups in total. The van der Waals surface area contributed by atoms with E-state index in [0.29, 0.717) is 19.6 Å². The molecule has 2 heterocycles. The Balaban J connectivity index is 0.886. The second-order valence-corrected chi connectivity index (χ2v) is 17.8. The third kappa shape index (κ3) is 13.5. The van der Waals surface area contributed by atoms with Gasteiger partial charge >= 0.3 is 0 Å². The maximum atomic E-state index is 13.8. The van der Waals surface area contributed by atoms with Crippen LogP contribution in [0.5, 0.6) is 5.75 Å². The quantitative estimate of drug-likeness (QED) is 0.0468. The van der Waals surface area contributed by atoms with Crippen LogP contribution in [0.4, 0.5) is 0 Å². The summed E-state index contributed by atoms with van der Waals surface area (Å²) in [6, 6.07) is 35.1. The van der Waals surface area contributed by atoms with E-state index in [1.54, 1.807) is 23.3 Å². The van der Waals surface area contributed by atoms with Gasteiger partial charge in [0, 0.05) is 39.6 Å². The molecule has 6 rings (SSSR count). The summed E-state index contributed by atoms with van der Waals surface area (Å²) in [6.45, 7) is 9.30. The summed E-state index contributed by atoms with van der Waals surface area (Å²) < 4.78 is 11.7. The number of aliphatic hydroxyl groups excluding tert-OH is 1. The van der Waals surface area contributed by atoms with Gasteiger partial charge in [-0.05, 0) is 76.8 Å². The molecule has 348 valence electrons. The Kier molecular flexibility index (Phi) is 18.2. The number of β-amino-alcohol motifs (C(OH)–C–C–N with tert-alkyl or cyclic N) is 1. The number of aliphatic hydroxyl groups is 1. The van der Waals surface area contributed by atoms with Gasteiger partial charge in [0.1, 0.15) is 24.4 Å². The monoisotopic (exact) mass is 913 g/mol. The highest BCUT2D eigenvalue weighted by atomic mass is 32.1. The van der Waals surface area contributed by atoms with Crippen LogP contribution < -0.4 is 15.4 Å². The first kappa shape index (κ1) is 49.3. The van der Waals surface area contributed by atoms with E-state index in [2.05, 4.69) is 83.2 Å². The van der Waals surface area contributed by atoms with Crippen LogP contribution in [0.15, 0.2) is 115 Å². The number of nitrogens with one attached hydrogen (secondary N) is 2. The third-order valence-corrected chi connectivity index (χ3v) is 12.8. The molecule has 0 bridgehead atoms. The first-order chi connectivity index (χ1) is 31.9. The summed E-state index contributed by atoms with van der Waals surface area (Å²) in [6.07, 6.45) is 0.840. The minimum absolute atomic E-state index is 0.00544. The molecule has 1 aliphatic heterocycles. The van der Waals surface area contributed by atoms with E-state index in [0.717, 1.165) is 45.0 Å². The van der Waals surface area contributed by atoms with Gasteiger partial charge in [-0.1, -0.05) is 118 Å². The molecule has 0 aliphatic carbocycles. The molecule has 0 spiro atoms. The van der Waals surface area contributed by atoms with Gasteiger partial charge in [0.05, 0.1) is 41.8 Å². The van der Waals surface area contributed by atoms with Crippen LogP contribution in [0.3, 0.4) is 0 Å². The van der Waals surface area contributed by atoms with E-state index in [-0.39, 0.29) is 69.2 Å². The molecular weight excluding hydrogens is 851 g/mol. The van der Waals surface area contributed by atoms with E-state index in [1.165, 1.54) is 21.6 Å². The average Bonchev–Trinajstić information content (AvgIpc) is 3.95. The topological polar surface area (TPSA) is 150 Å². The maximum Gasteiger partial charge on any atom is 0.246 e. The summed E-state index contributed by atoms with van der Waals surface area (Å²) in [5.74, 6) is -0.700. The number of allylic oxidation sites excluding steroid dienone is 1. The smallest absolute Gasteiger partial charge is 0.246 e. The number of thiazole rings is 1. The predicted molar refractivity (Wildman–Crippen MR) is 260 cm³/mol. The van der Waals surface area contributed by atoms with Crippen molar-refractivity contribution in [3.63, 3.8) is 0 Å². The Morgan fingerprint density at radius 2 is 1.53 bits per heavy atom. The van der Waals surface area contributed by atoms with Crippen LogP contribution in [0.1, 0.15) is 80.8 Å². The fraction of sp³-hybridized carbons (Fsp3) is 0.377. The zero-order valence-corrected chi connectivity index (χ0v) is 39.5. The minimum Gasteiger partial charge on any atom is -0.492 e. The standard InChI is InChI=1S/C53H63N5O7S/c1-6-45(39-14-9-7-10-15-39)49(40-16-11-8-12-17-40)41-23-25-44(26-24-41)65-31-28-57(5)48(61)27-30-64-29-13-18-47(60)56-50(36(2)3)53(63)58-34-43(59)32-46(58)52(62)54-33-38-19-21-42(22-20-38)51-37(4)55-35-66-51/h7-12,14-17,19-26,35-36,43,46,50,59H,6,13,18,27-34H2,1-5H3,(H,54,62)(H,56,60)/b49-45-/t43-,46+,50+/m1/s1. The number of likely N-dealkylation sites (N-methyl/N-ethyl adjacent to an activating group) is 1. The Hall–Kier alpha value is -6.15. The van der Waals surface area contributed by atoms with Gasteiger partial charge < -0.3 is 35.0 Å². The fourth-order valence-electron chi connectivity index (χ4n) is 8.12. The lowest BCUT2D eigenvalue weighted by atomic mass is 9.88. The first-order valence-corrected chi connectivity index (χ1v) is 23.7. The molecular formula is C53H63N5O7S. The third-order valence-electron chi connectivity index (χ3n) is 11.8. The van der Waals surface area contributed by atoms with Crippen molar-refractivity contribution in [3.8, 4) is 16.2 Å². The molecule has 4 aromatic carbocycles. The number of aromatic nitrogens is 1. The average molecular weight is 914 g/mol. The van der Waals surface area contributed by atoms with Gasteiger partial charge in [-0.15, -0.1) is 11.3 Å². The normalized spacial score (nSPS) is 15.5. The molecule has 66 heavy (non-hydrogen) atoms. The van der Waals surface area contributed by atoms with E-state index in [4.69, 9.17) is 9.47 Å². The van der Waals surface area contributed by atoms with Gasteiger partial charge in [-0.2, -0.15) is 0 Å². The summed E-state index contributed by atoms with van der Waals surface area (Å²) in [4.78, 5) is 61.4. The number of nitrogens with zero attached hydrogens (tertiary/aromatic N) is 3. The van der Waals surface area contributed by atoms with E-state index in [9.17, 15) is 24.3 Å². The van der Waals surface area contributed by atoms with Gasteiger partial charge in [0.15, 0.2) is 0 Å². The van der Waals surface area contributed by atoms with E-state index >= 15 is 0 Å². The van der Waals surface area contributed by atoms with E-state index in [1.807, 2.05) is 74.8 Å². The van der Waals surface area contributed by atoms with Crippen molar-refractivity contribution < 1.29 is 33.8 Å². The van der Waals surface area contributed by atoms with Crippen LogP contribution >= 0.6 is 11.3 Å². The molecule has 0 unspecified atom stereocenters. The van der Waals surface area contributed by atoms with Crippen molar-refractivity contribution >= 4 is 46.1 Å². The number of benzene rings is 4. The molecule has 1 aromatic heterocycles. The Morgan fingerprint density at radius 3 is 2.17 bits per heavy atom. The van der Waals surface area contributed by atoms with Crippen molar-refractivity contribution in [2.24, 2.45) is 5.92 Å². The number of likely N-dealkylation sites (tertiary alicyclic amines) is 1. The van der Waals surface area contributed by atoms with Crippen molar-refractivity contribution in [2.45, 2.75) is 84.5 Å². The minimum atomic E-state index is -0.873. The van der Waals surface area contributed by atoms with Crippen LogP contribution in [0.2, 0.25) is 0 Å². The molecule has 5 aromatic rings. The van der Waals surface area contributed by atoms with Gasteiger partial charge in [-0.3, -0.25) is 19.2 Å². The van der Waals surface area contributed by atoms with Gasteiger partial charge in [-0.25, -0.2) is 4.98 Å². The molecule has 4 amide bonds. The zero-order valence-electron chi connectivity index (χ0n) is 38.7. The molecule has 1 saturated heterocycles. The highest BCUT2D eigenvalue weighted by Crippen LogP contribution is 2.35. The lowest BCUT2D eigenvalue weighted by molar-refractivity contribution is -0.142. The molecule has 0 radical (unpaired) electrons. The second kappa shape index (κ2) is 24.4. The molecule has 12 nitrogen and oxygen atoms in total. The Morgan fingerprint density at radius 1 is 0.864 bits per heavy atom. The Labute approximate surface area is 393 Å². The highest BCUT2D eigenvalue weighted by molar-refractivity contribution is 7.13. The summed E-state index contributed by atoms with van der Waals surface area (Å²) in [7, 11) is 1.74. The largest absolute Gasteiger partial charge is 0.492 e. The number of amides is 4. The SMILES string of the molecule is CC/C(=C(\c1ccccc1)c1ccc(OCCN(C)C(=O)CCOCCCC(=O)N[C@H](C(=O)N2C[C@H](O)C[C@H]2C(=O)NCc2ccc(-c3scnc3C)cc2)C(C)C)cc1)c1ccccc1. The van der Waals surface area contributed by atoms with E-state index < -0.39 is 24.1 Å². The molecule has 1 aliphatic rings. The fourth-order valence-corrected chi connectivity index (χ4v) is 8.93. The van der Waals surface area contributed by atoms with Gasteiger partial charge in [0.2, 0.25) is 23.6 Å². The highest BCUT2D eigenvalue weighted by Gasteiger charge is 2.42. The molecule has 13 heteroatoms. The van der Waals surface area contributed by atoms with Gasteiger partial charge in [0.25, 0.3) is 0 Å². The number of carbonyl (C=O) groups excluding carboxylic acids is 4. The molecule has 3 atom stereocenters.